The van der Waals surface area contributed by atoms with Crippen LogP contribution in [0.3, 0.4) is 0 Å². The number of pyridine rings is 1. The summed E-state index contributed by atoms with van der Waals surface area (Å²) in [5.41, 5.74) is 1.23. The van der Waals surface area contributed by atoms with Gasteiger partial charge in [0.05, 0.1) is 5.52 Å². The Kier molecular flexibility index (Phi) is 5.20. The molecule has 0 aliphatic rings. The number of halogens is 1. The second-order valence-corrected chi connectivity index (χ2v) is 5.50. The van der Waals surface area contributed by atoms with Gasteiger partial charge >= 0.3 is 0 Å². The van der Waals surface area contributed by atoms with Gasteiger partial charge in [-0.3, -0.25) is 9.78 Å². The standard InChI is InChI=1S/C19H17FN2O3/c20-13-6-8-15(9-7-13)25-12-14(23)11-22-19(24)17-3-1-5-18-16(17)4-2-10-21-18/h1-10,14,23H,11-12H2,(H,22,24). The zero-order valence-electron chi connectivity index (χ0n) is 13.4. The molecule has 3 rings (SSSR count). The molecule has 6 heteroatoms. The third-order valence-corrected chi connectivity index (χ3v) is 3.64. The van der Waals surface area contributed by atoms with Crippen LogP contribution in [-0.4, -0.2) is 35.3 Å². The van der Waals surface area contributed by atoms with Gasteiger partial charge in [0, 0.05) is 23.7 Å². The first-order chi connectivity index (χ1) is 12.1. The van der Waals surface area contributed by atoms with Crippen LogP contribution in [0.2, 0.25) is 0 Å². The summed E-state index contributed by atoms with van der Waals surface area (Å²) in [7, 11) is 0. The zero-order valence-corrected chi connectivity index (χ0v) is 13.4. The lowest BCUT2D eigenvalue weighted by atomic mass is 10.1. The van der Waals surface area contributed by atoms with E-state index in [-0.39, 0.29) is 24.9 Å². The molecule has 2 N–H and O–H groups in total. The van der Waals surface area contributed by atoms with Gasteiger partial charge in [0.2, 0.25) is 0 Å². The number of nitrogens with one attached hydrogen (secondary N) is 1. The van der Waals surface area contributed by atoms with Gasteiger partial charge in [0.1, 0.15) is 24.3 Å². The monoisotopic (exact) mass is 340 g/mol. The fourth-order valence-electron chi connectivity index (χ4n) is 2.39. The Hall–Kier alpha value is -2.99. The SMILES string of the molecule is O=C(NCC(O)COc1ccc(F)cc1)c1cccc2ncccc12. The molecule has 1 aromatic heterocycles. The number of aromatic nitrogens is 1. The molecule has 0 aliphatic carbocycles. The van der Waals surface area contributed by atoms with Gasteiger partial charge in [-0.1, -0.05) is 12.1 Å². The number of ether oxygens (including phenoxy) is 1. The molecular weight excluding hydrogens is 323 g/mol. The van der Waals surface area contributed by atoms with E-state index in [1.165, 1.54) is 24.3 Å². The van der Waals surface area contributed by atoms with Crippen molar-refractivity contribution in [3.63, 3.8) is 0 Å². The number of aliphatic hydroxyl groups excluding tert-OH is 1. The Morgan fingerprint density at radius 1 is 1.16 bits per heavy atom. The third-order valence-electron chi connectivity index (χ3n) is 3.64. The predicted octanol–water partition coefficient (Wildman–Crippen LogP) is 2.54. The summed E-state index contributed by atoms with van der Waals surface area (Å²) in [6.45, 7) is 0.0275. The summed E-state index contributed by atoms with van der Waals surface area (Å²) in [6.07, 6.45) is 0.780. The van der Waals surface area contributed by atoms with Crippen molar-refractivity contribution in [1.82, 2.24) is 10.3 Å². The van der Waals surface area contributed by atoms with Crippen molar-refractivity contribution in [2.24, 2.45) is 0 Å². The van der Waals surface area contributed by atoms with Gasteiger partial charge in [-0.2, -0.15) is 0 Å². The highest BCUT2D eigenvalue weighted by Crippen LogP contribution is 2.16. The van der Waals surface area contributed by atoms with Gasteiger partial charge in [-0.25, -0.2) is 4.39 Å². The van der Waals surface area contributed by atoms with Crippen molar-refractivity contribution in [3.05, 3.63) is 72.2 Å². The van der Waals surface area contributed by atoms with E-state index in [1.807, 2.05) is 12.1 Å². The number of hydrogen-bond acceptors (Lipinski definition) is 4. The molecule has 1 unspecified atom stereocenters. The smallest absolute Gasteiger partial charge is 0.252 e. The van der Waals surface area contributed by atoms with Crippen LogP contribution in [0.25, 0.3) is 10.9 Å². The molecule has 1 amide bonds. The fraction of sp³-hybridized carbons (Fsp3) is 0.158. The summed E-state index contributed by atoms with van der Waals surface area (Å²) in [4.78, 5) is 16.6. The quantitative estimate of drug-likeness (QED) is 0.723. The summed E-state index contributed by atoms with van der Waals surface area (Å²) in [5, 5.41) is 13.4. The van der Waals surface area contributed by atoms with Crippen molar-refractivity contribution in [1.29, 1.82) is 0 Å². The summed E-state index contributed by atoms with van der Waals surface area (Å²) >= 11 is 0. The molecule has 0 saturated heterocycles. The van der Waals surface area contributed by atoms with Crippen LogP contribution in [0.5, 0.6) is 5.75 Å². The Labute approximate surface area is 144 Å². The average molecular weight is 340 g/mol. The highest BCUT2D eigenvalue weighted by molar-refractivity contribution is 6.06. The summed E-state index contributed by atoms with van der Waals surface area (Å²) in [6, 6.07) is 14.4. The van der Waals surface area contributed by atoms with Gasteiger partial charge < -0.3 is 15.2 Å². The van der Waals surface area contributed by atoms with Crippen molar-refractivity contribution >= 4 is 16.8 Å². The highest BCUT2D eigenvalue weighted by atomic mass is 19.1. The Bertz CT molecular complexity index is 863. The Morgan fingerprint density at radius 3 is 2.76 bits per heavy atom. The Morgan fingerprint density at radius 2 is 1.96 bits per heavy atom. The van der Waals surface area contributed by atoms with E-state index in [9.17, 15) is 14.3 Å². The van der Waals surface area contributed by atoms with E-state index in [2.05, 4.69) is 10.3 Å². The minimum absolute atomic E-state index is 0.0109. The minimum atomic E-state index is -0.887. The van der Waals surface area contributed by atoms with Crippen molar-refractivity contribution in [2.75, 3.05) is 13.2 Å². The number of rotatable bonds is 6. The number of benzene rings is 2. The molecule has 128 valence electrons. The fourth-order valence-corrected chi connectivity index (χ4v) is 2.39. The molecule has 0 radical (unpaired) electrons. The van der Waals surface area contributed by atoms with E-state index in [1.54, 1.807) is 24.4 Å². The van der Waals surface area contributed by atoms with E-state index in [0.29, 0.717) is 11.3 Å². The number of carbonyl (C=O) groups excluding carboxylic acids is 1. The molecule has 25 heavy (non-hydrogen) atoms. The van der Waals surface area contributed by atoms with Crippen LogP contribution in [0, 0.1) is 5.82 Å². The molecule has 0 bridgehead atoms. The largest absolute Gasteiger partial charge is 0.491 e. The molecule has 3 aromatic rings. The molecule has 2 aromatic carbocycles. The molecule has 1 heterocycles. The number of hydrogen-bond donors (Lipinski definition) is 2. The number of amides is 1. The van der Waals surface area contributed by atoms with Gasteiger partial charge in [0.15, 0.2) is 0 Å². The lowest BCUT2D eigenvalue weighted by Gasteiger charge is -2.14. The maximum atomic E-state index is 12.8. The molecule has 1 atom stereocenters. The van der Waals surface area contributed by atoms with Crippen molar-refractivity contribution in [3.8, 4) is 5.75 Å². The van der Waals surface area contributed by atoms with Crippen molar-refractivity contribution in [2.45, 2.75) is 6.10 Å². The van der Waals surface area contributed by atoms with Gasteiger partial charge in [-0.05, 0) is 42.5 Å². The molecular formula is C19H17FN2O3. The van der Waals surface area contributed by atoms with E-state index >= 15 is 0 Å². The number of nitrogens with zero attached hydrogens (tertiary/aromatic N) is 1. The molecule has 0 spiro atoms. The highest BCUT2D eigenvalue weighted by Gasteiger charge is 2.12. The molecule has 0 saturated carbocycles. The van der Waals surface area contributed by atoms with Crippen LogP contribution in [0.4, 0.5) is 4.39 Å². The van der Waals surface area contributed by atoms with Gasteiger partial charge in [-0.15, -0.1) is 0 Å². The second kappa shape index (κ2) is 7.72. The topological polar surface area (TPSA) is 71.5 Å². The number of aliphatic hydroxyl groups is 1. The molecule has 0 aliphatic heterocycles. The normalized spacial score (nSPS) is 11.9. The minimum Gasteiger partial charge on any atom is -0.491 e. The lowest BCUT2D eigenvalue weighted by molar-refractivity contribution is 0.0845. The van der Waals surface area contributed by atoms with E-state index < -0.39 is 6.10 Å². The van der Waals surface area contributed by atoms with Crippen LogP contribution >= 0.6 is 0 Å². The van der Waals surface area contributed by atoms with Crippen LogP contribution in [-0.2, 0) is 0 Å². The van der Waals surface area contributed by atoms with Crippen molar-refractivity contribution < 1.29 is 19.0 Å². The first-order valence-corrected chi connectivity index (χ1v) is 7.82. The van der Waals surface area contributed by atoms with E-state index in [4.69, 9.17) is 4.74 Å². The average Bonchev–Trinajstić information content (AvgIpc) is 2.65. The van der Waals surface area contributed by atoms with Crippen LogP contribution in [0.1, 0.15) is 10.4 Å². The number of fused-ring (bicyclic) bond motifs is 1. The van der Waals surface area contributed by atoms with Crippen LogP contribution < -0.4 is 10.1 Å². The first kappa shape index (κ1) is 16.9. The maximum absolute atomic E-state index is 12.8. The number of carbonyl (C=O) groups is 1. The zero-order chi connectivity index (χ0) is 17.6. The maximum Gasteiger partial charge on any atom is 0.252 e. The summed E-state index contributed by atoms with van der Waals surface area (Å²) in [5.74, 6) is -0.198. The predicted molar refractivity (Wildman–Crippen MR) is 92.0 cm³/mol. The van der Waals surface area contributed by atoms with Crippen LogP contribution in [0.15, 0.2) is 60.8 Å². The Balaban J connectivity index is 1.55. The molecule has 5 nitrogen and oxygen atoms in total. The van der Waals surface area contributed by atoms with Gasteiger partial charge in [0.25, 0.3) is 5.91 Å². The third kappa shape index (κ3) is 4.30. The lowest BCUT2D eigenvalue weighted by Crippen LogP contribution is -2.35. The van der Waals surface area contributed by atoms with E-state index in [0.717, 1.165) is 10.9 Å². The second-order valence-electron chi connectivity index (χ2n) is 5.50. The molecule has 0 fully saturated rings. The first-order valence-electron chi connectivity index (χ1n) is 7.82. The summed E-state index contributed by atoms with van der Waals surface area (Å²) < 4.78 is 18.2.